The van der Waals surface area contributed by atoms with Gasteiger partial charge in [-0.1, -0.05) is 24.3 Å². The molecule has 2 aromatic heterocycles. The van der Waals surface area contributed by atoms with Crippen molar-refractivity contribution in [3.8, 4) is 17.0 Å². The van der Waals surface area contributed by atoms with Gasteiger partial charge in [-0.2, -0.15) is 0 Å². The van der Waals surface area contributed by atoms with E-state index in [0.29, 0.717) is 0 Å². The highest BCUT2D eigenvalue weighted by Crippen LogP contribution is 2.36. The minimum absolute atomic E-state index is 0.827. The van der Waals surface area contributed by atoms with Gasteiger partial charge in [-0.05, 0) is 24.3 Å². The molecular weight excluding hydrogens is 260 g/mol. The summed E-state index contributed by atoms with van der Waals surface area (Å²) in [5, 5.41) is 2.40. The van der Waals surface area contributed by atoms with Gasteiger partial charge in [0, 0.05) is 34.1 Å². The van der Waals surface area contributed by atoms with E-state index in [9.17, 15) is 0 Å². The van der Waals surface area contributed by atoms with Gasteiger partial charge in [0.25, 0.3) is 0 Å². The molecule has 0 unspecified atom stereocenters. The number of aromatic amines is 1. The fourth-order valence-electron chi connectivity index (χ4n) is 2.77. The van der Waals surface area contributed by atoms with Gasteiger partial charge < -0.3 is 9.72 Å². The van der Waals surface area contributed by atoms with Gasteiger partial charge in [-0.25, -0.2) is 0 Å². The number of fused-ring (bicyclic) bond motifs is 3. The summed E-state index contributed by atoms with van der Waals surface area (Å²) in [6.07, 6.45) is 1.80. The lowest BCUT2D eigenvalue weighted by atomic mass is 10.1. The van der Waals surface area contributed by atoms with Crippen LogP contribution in [-0.4, -0.2) is 17.1 Å². The highest BCUT2D eigenvalue weighted by molar-refractivity contribution is 6.09. The van der Waals surface area contributed by atoms with E-state index in [1.807, 2.05) is 30.3 Å². The lowest BCUT2D eigenvalue weighted by molar-refractivity contribution is 0.417. The summed E-state index contributed by atoms with van der Waals surface area (Å²) >= 11 is 0. The van der Waals surface area contributed by atoms with Crippen LogP contribution in [0.5, 0.6) is 5.75 Å². The largest absolute Gasteiger partial charge is 0.496 e. The van der Waals surface area contributed by atoms with E-state index in [0.717, 1.165) is 28.0 Å². The normalized spacial score (nSPS) is 11.1. The lowest BCUT2D eigenvalue weighted by Crippen LogP contribution is -1.90. The van der Waals surface area contributed by atoms with Crippen LogP contribution in [0.3, 0.4) is 0 Å². The number of aromatic nitrogens is 2. The molecule has 0 aliphatic carbocycles. The molecule has 0 saturated carbocycles. The Bertz CT molecular complexity index is 926. The second kappa shape index (κ2) is 4.63. The molecule has 0 aliphatic rings. The smallest absolute Gasteiger partial charge is 0.130 e. The van der Waals surface area contributed by atoms with Crippen molar-refractivity contribution in [1.82, 2.24) is 9.97 Å². The molecule has 0 fully saturated rings. The van der Waals surface area contributed by atoms with Gasteiger partial charge in [0.2, 0.25) is 0 Å². The summed E-state index contributed by atoms with van der Waals surface area (Å²) in [4.78, 5) is 7.87. The number of H-pyrrole nitrogens is 1. The number of rotatable bonds is 2. The van der Waals surface area contributed by atoms with Crippen LogP contribution in [0.2, 0.25) is 0 Å². The molecule has 0 radical (unpaired) electrons. The molecular formula is C18H14N2O. The van der Waals surface area contributed by atoms with E-state index in [1.54, 1.807) is 13.3 Å². The van der Waals surface area contributed by atoms with Crippen LogP contribution in [0.4, 0.5) is 0 Å². The maximum atomic E-state index is 5.54. The molecule has 2 aromatic carbocycles. The number of hydrogen-bond donors (Lipinski definition) is 1. The van der Waals surface area contributed by atoms with E-state index in [4.69, 9.17) is 4.74 Å². The fourth-order valence-corrected chi connectivity index (χ4v) is 2.77. The molecule has 4 rings (SSSR count). The molecule has 0 aliphatic heterocycles. The first-order valence-electron chi connectivity index (χ1n) is 6.86. The van der Waals surface area contributed by atoms with E-state index in [-0.39, 0.29) is 0 Å². The van der Waals surface area contributed by atoms with Crippen molar-refractivity contribution in [1.29, 1.82) is 0 Å². The predicted octanol–water partition coefficient (Wildman–Crippen LogP) is 4.39. The maximum absolute atomic E-state index is 5.54. The van der Waals surface area contributed by atoms with Crippen LogP contribution >= 0.6 is 0 Å². The summed E-state index contributed by atoms with van der Waals surface area (Å²) in [5.74, 6) is 0.827. The monoisotopic (exact) mass is 274 g/mol. The Hall–Kier alpha value is -2.81. The minimum atomic E-state index is 0.827. The Morgan fingerprint density at radius 1 is 0.905 bits per heavy atom. The standard InChI is InChI=1S/C18H14N2O/c1-21-18-11-17-13(12-6-2-3-8-16(12)20-17)10-14(18)15-7-4-5-9-19-15/h2-11,20H,1H3. The Kier molecular flexibility index (Phi) is 2.64. The first-order valence-corrected chi connectivity index (χ1v) is 6.86. The first kappa shape index (κ1) is 12.0. The SMILES string of the molecule is COc1cc2[nH]c3ccccc3c2cc1-c1ccccn1. The van der Waals surface area contributed by atoms with Crippen LogP contribution in [-0.2, 0) is 0 Å². The molecule has 0 saturated heterocycles. The number of hydrogen-bond acceptors (Lipinski definition) is 2. The number of nitrogens with one attached hydrogen (secondary N) is 1. The second-order valence-electron chi connectivity index (χ2n) is 4.98. The van der Waals surface area contributed by atoms with Crippen LogP contribution in [0.25, 0.3) is 33.1 Å². The van der Waals surface area contributed by atoms with Gasteiger partial charge in [-0.15, -0.1) is 0 Å². The van der Waals surface area contributed by atoms with Crippen molar-refractivity contribution < 1.29 is 4.74 Å². The van der Waals surface area contributed by atoms with E-state index in [2.05, 4.69) is 34.2 Å². The van der Waals surface area contributed by atoms with Gasteiger partial charge in [-0.3, -0.25) is 4.98 Å². The van der Waals surface area contributed by atoms with Gasteiger partial charge >= 0.3 is 0 Å². The van der Waals surface area contributed by atoms with Gasteiger partial charge in [0.05, 0.1) is 18.3 Å². The summed E-state index contributed by atoms with van der Waals surface area (Å²) in [7, 11) is 1.69. The predicted molar refractivity (Wildman–Crippen MR) is 85.6 cm³/mol. The molecule has 21 heavy (non-hydrogen) atoms. The molecule has 3 nitrogen and oxygen atoms in total. The third kappa shape index (κ3) is 1.86. The van der Waals surface area contributed by atoms with Gasteiger partial charge in [0.15, 0.2) is 0 Å². The van der Waals surface area contributed by atoms with Crippen molar-refractivity contribution in [3.63, 3.8) is 0 Å². The number of pyridine rings is 1. The third-order valence-electron chi connectivity index (χ3n) is 3.77. The molecule has 102 valence electrons. The quantitative estimate of drug-likeness (QED) is 0.588. The number of benzene rings is 2. The van der Waals surface area contributed by atoms with Crippen LogP contribution in [0, 0.1) is 0 Å². The zero-order valence-corrected chi connectivity index (χ0v) is 11.6. The Morgan fingerprint density at radius 3 is 2.57 bits per heavy atom. The average Bonchev–Trinajstić information content (AvgIpc) is 2.92. The molecule has 0 spiro atoms. The van der Waals surface area contributed by atoms with Crippen molar-refractivity contribution in [3.05, 3.63) is 60.8 Å². The van der Waals surface area contributed by atoms with Gasteiger partial charge in [0.1, 0.15) is 5.75 Å². The fraction of sp³-hybridized carbons (Fsp3) is 0.0556. The molecule has 3 heteroatoms. The van der Waals surface area contributed by atoms with Crippen molar-refractivity contribution in [2.75, 3.05) is 7.11 Å². The zero-order valence-electron chi connectivity index (χ0n) is 11.6. The first-order chi connectivity index (χ1) is 10.4. The third-order valence-corrected chi connectivity index (χ3v) is 3.77. The summed E-state index contributed by atoms with van der Waals surface area (Å²) in [6.45, 7) is 0. The molecule has 0 bridgehead atoms. The average molecular weight is 274 g/mol. The van der Waals surface area contributed by atoms with E-state index in [1.165, 1.54) is 10.8 Å². The Balaban J connectivity index is 2.08. The molecule has 1 N–H and O–H groups in total. The van der Waals surface area contributed by atoms with Crippen LogP contribution in [0.15, 0.2) is 60.8 Å². The minimum Gasteiger partial charge on any atom is -0.496 e. The molecule has 0 atom stereocenters. The zero-order chi connectivity index (χ0) is 14.2. The maximum Gasteiger partial charge on any atom is 0.130 e. The molecule has 2 heterocycles. The summed E-state index contributed by atoms with van der Waals surface area (Å²) < 4.78 is 5.54. The highest BCUT2D eigenvalue weighted by Gasteiger charge is 2.12. The number of methoxy groups -OCH3 is 1. The van der Waals surface area contributed by atoms with E-state index < -0.39 is 0 Å². The highest BCUT2D eigenvalue weighted by atomic mass is 16.5. The Labute approximate surface area is 122 Å². The topological polar surface area (TPSA) is 37.9 Å². The summed E-state index contributed by atoms with van der Waals surface area (Å²) in [6, 6.07) is 18.4. The van der Waals surface area contributed by atoms with Crippen molar-refractivity contribution >= 4 is 21.8 Å². The van der Waals surface area contributed by atoms with Crippen molar-refractivity contribution in [2.45, 2.75) is 0 Å². The van der Waals surface area contributed by atoms with Crippen molar-refractivity contribution in [2.24, 2.45) is 0 Å². The molecule has 4 aromatic rings. The van der Waals surface area contributed by atoms with Crippen LogP contribution < -0.4 is 4.74 Å². The second-order valence-corrected chi connectivity index (χ2v) is 4.98. The molecule has 0 amide bonds. The number of ether oxygens (including phenoxy) is 1. The Morgan fingerprint density at radius 2 is 1.76 bits per heavy atom. The number of para-hydroxylation sites is 1. The summed E-state index contributed by atoms with van der Waals surface area (Å²) in [5.41, 5.74) is 4.14. The lowest BCUT2D eigenvalue weighted by Gasteiger charge is -2.08. The van der Waals surface area contributed by atoms with E-state index >= 15 is 0 Å². The van der Waals surface area contributed by atoms with Crippen LogP contribution in [0.1, 0.15) is 0 Å². The number of nitrogens with zero attached hydrogens (tertiary/aromatic N) is 1.